The molecular formula is C20H23ClFNO4S. The van der Waals surface area contributed by atoms with Crippen molar-refractivity contribution in [2.45, 2.75) is 37.6 Å². The third kappa shape index (κ3) is 6.21. The number of hydrogen-bond donors (Lipinski definition) is 0. The van der Waals surface area contributed by atoms with Gasteiger partial charge < -0.3 is 9.08 Å². The fourth-order valence-corrected chi connectivity index (χ4v) is 3.68. The van der Waals surface area contributed by atoms with E-state index in [1.165, 1.54) is 6.07 Å². The van der Waals surface area contributed by atoms with Gasteiger partial charge in [0, 0.05) is 13.1 Å². The smallest absolute Gasteiger partial charge is 0.339 e. The van der Waals surface area contributed by atoms with Crippen LogP contribution >= 0.6 is 11.6 Å². The first-order valence-electron chi connectivity index (χ1n) is 8.80. The van der Waals surface area contributed by atoms with Crippen LogP contribution < -0.4 is 4.18 Å². The first kappa shape index (κ1) is 22.2. The summed E-state index contributed by atoms with van der Waals surface area (Å²) in [6.07, 6.45) is 0. The summed E-state index contributed by atoms with van der Waals surface area (Å²) in [6.45, 7) is 6.41. The lowest BCUT2D eigenvalue weighted by atomic mass is 10.1. The summed E-state index contributed by atoms with van der Waals surface area (Å²) >= 11 is 5.95. The molecule has 0 aliphatic rings. The molecule has 2 rings (SSSR count). The summed E-state index contributed by atoms with van der Waals surface area (Å²) in [5.41, 5.74) is 0.707. The van der Waals surface area contributed by atoms with Gasteiger partial charge in [0.15, 0.2) is 0 Å². The Hall–Kier alpha value is -2.12. The van der Waals surface area contributed by atoms with Gasteiger partial charge in [-0.3, -0.25) is 4.79 Å². The fourth-order valence-electron chi connectivity index (χ4n) is 2.62. The molecule has 1 atom stereocenters. The van der Waals surface area contributed by atoms with Gasteiger partial charge in [-0.2, -0.15) is 8.42 Å². The average Bonchev–Trinajstić information content (AvgIpc) is 2.60. The Balaban J connectivity index is 2.20. The Morgan fingerprint density at radius 2 is 1.79 bits per heavy atom. The minimum Gasteiger partial charge on any atom is -0.379 e. The molecule has 0 spiro atoms. The summed E-state index contributed by atoms with van der Waals surface area (Å²) in [5.74, 6) is -0.375. The maximum atomic E-state index is 13.0. The normalized spacial score (nSPS) is 12.6. The van der Waals surface area contributed by atoms with Gasteiger partial charge in [0.25, 0.3) is 0 Å². The average molecular weight is 428 g/mol. The first-order chi connectivity index (χ1) is 13.1. The molecule has 0 heterocycles. The topological polar surface area (TPSA) is 63.7 Å². The van der Waals surface area contributed by atoms with Gasteiger partial charge in [-0.25, -0.2) is 4.39 Å². The molecule has 5 nitrogen and oxygen atoms in total. The van der Waals surface area contributed by atoms with Crippen molar-refractivity contribution in [1.29, 1.82) is 0 Å². The van der Waals surface area contributed by atoms with Gasteiger partial charge in [0.05, 0.1) is 0 Å². The van der Waals surface area contributed by atoms with E-state index in [2.05, 4.69) is 0 Å². The molecule has 152 valence electrons. The van der Waals surface area contributed by atoms with Gasteiger partial charge in [0.1, 0.15) is 21.8 Å². The van der Waals surface area contributed by atoms with Crippen molar-refractivity contribution >= 4 is 27.6 Å². The summed E-state index contributed by atoms with van der Waals surface area (Å²) in [7, 11) is -4.09. The monoisotopic (exact) mass is 427 g/mol. The highest BCUT2D eigenvalue weighted by molar-refractivity contribution is 7.87. The summed E-state index contributed by atoms with van der Waals surface area (Å²) < 4.78 is 42.9. The first-order valence-corrected chi connectivity index (χ1v) is 10.6. The van der Waals surface area contributed by atoms with Gasteiger partial charge in [-0.15, -0.1) is 11.6 Å². The number of carbonyl (C=O) groups excluding carboxylic acids is 1. The van der Waals surface area contributed by atoms with Crippen molar-refractivity contribution in [2.24, 2.45) is 5.92 Å². The van der Waals surface area contributed by atoms with Crippen LogP contribution in [0, 0.1) is 11.7 Å². The SMILES string of the molecule is CC(C)CN(Cc1cccc(OS(=O)(=O)c2ccc(F)cc2)c1)C(=O)C(C)Cl. The molecular weight excluding hydrogens is 405 g/mol. The highest BCUT2D eigenvalue weighted by Gasteiger charge is 2.21. The molecule has 0 radical (unpaired) electrons. The molecule has 0 aliphatic heterocycles. The van der Waals surface area contributed by atoms with E-state index in [1.54, 1.807) is 30.0 Å². The Morgan fingerprint density at radius 1 is 1.14 bits per heavy atom. The Kier molecular flexibility index (Phi) is 7.43. The zero-order valence-electron chi connectivity index (χ0n) is 15.9. The number of rotatable bonds is 8. The van der Waals surface area contributed by atoms with Crippen molar-refractivity contribution < 1.29 is 21.8 Å². The summed E-state index contributed by atoms with van der Waals surface area (Å²) in [4.78, 5) is 13.8. The van der Waals surface area contributed by atoms with Crippen molar-refractivity contribution in [1.82, 2.24) is 4.90 Å². The molecule has 1 amide bonds. The minimum absolute atomic E-state index is 0.109. The molecule has 0 saturated carbocycles. The van der Waals surface area contributed by atoms with Crippen LogP contribution in [0.15, 0.2) is 53.4 Å². The minimum atomic E-state index is -4.09. The zero-order chi connectivity index (χ0) is 20.9. The van der Waals surface area contributed by atoms with E-state index in [0.29, 0.717) is 12.1 Å². The highest BCUT2D eigenvalue weighted by atomic mass is 35.5. The summed E-state index contributed by atoms with van der Waals surface area (Å²) in [6, 6.07) is 10.9. The third-order valence-electron chi connectivity index (χ3n) is 3.82. The van der Waals surface area contributed by atoms with Crippen LogP contribution in [0.4, 0.5) is 4.39 Å². The van der Waals surface area contributed by atoms with Gasteiger partial charge in [-0.1, -0.05) is 26.0 Å². The summed E-state index contributed by atoms with van der Waals surface area (Å²) in [5, 5.41) is -0.656. The van der Waals surface area contributed by atoms with Crippen molar-refractivity contribution in [2.75, 3.05) is 6.54 Å². The number of nitrogens with zero attached hydrogens (tertiary/aromatic N) is 1. The van der Waals surface area contributed by atoms with Crippen LogP contribution in [0.1, 0.15) is 26.3 Å². The lowest BCUT2D eigenvalue weighted by molar-refractivity contribution is -0.131. The zero-order valence-corrected chi connectivity index (χ0v) is 17.5. The predicted molar refractivity (Wildman–Crippen MR) is 106 cm³/mol. The lowest BCUT2D eigenvalue weighted by Gasteiger charge is -2.26. The Bertz CT molecular complexity index is 914. The van der Waals surface area contributed by atoms with E-state index in [9.17, 15) is 17.6 Å². The van der Waals surface area contributed by atoms with Crippen molar-refractivity contribution in [3.63, 3.8) is 0 Å². The van der Waals surface area contributed by atoms with Crippen LogP contribution in [0.25, 0.3) is 0 Å². The molecule has 2 aromatic carbocycles. The van der Waals surface area contributed by atoms with Gasteiger partial charge in [0.2, 0.25) is 5.91 Å². The third-order valence-corrected chi connectivity index (χ3v) is 5.27. The predicted octanol–water partition coefficient (Wildman–Crippen LogP) is 4.21. The second-order valence-electron chi connectivity index (χ2n) is 6.87. The molecule has 0 saturated heterocycles. The second kappa shape index (κ2) is 9.39. The van der Waals surface area contributed by atoms with E-state index in [4.69, 9.17) is 15.8 Å². The van der Waals surface area contributed by atoms with E-state index < -0.39 is 21.3 Å². The quantitative estimate of drug-likeness (QED) is 0.467. The number of halogens is 2. The van der Waals surface area contributed by atoms with E-state index in [-0.39, 0.29) is 29.0 Å². The lowest BCUT2D eigenvalue weighted by Crippen LogP contribution is -2.37. The van der Waals surface area contributed by atoms with Crippen LogP contribution in [0.2, 0.25) is 0 Å². The van der Waals surface area contributed by atoms with Gasteiger partial charge >= 0.3 is 10.1 Å². The number of carbonyl (C=O) groups is 1. The molecule has 0 aromatic heterocycles. The van der Waals surface area contributed by atoms with E-state index in [1.807, 2.05) is 13.8 Å². The van der Waals surface area contributed by atoms with Crippen molar-refractivity contribution in [3.05, 3.63) is 59.9 Å². The fraction of sp³-hybridized carbons (Fsp3) is 0.350. The molecule has 0 aliphatic carbocycles. The van der Waals surface area contributed by atoms with Crippen LogP contribution in [0.5, 0.6) is 5.75 Å². The van der Waals surface area contributed by atoms with E-state index in [0.717, 1.165) is 24.3 Å². The van der Waals surface area contributed by atoms with Crippen molar-refractivity contribution in [3.8, 4) is 5.75 Å². The molecule has 28 heavy (non-hydrogen) atoms. The van der Waals surface area contributed by atoms with Crippen LogP contribution in [0.3, 0.4) is 0 Å². The number of amides is 1. The maximum Gasteiger partial charge on any atom is 0.339 e. The molecule has 0 N–H and O–H groups in total. The van der Waals surface area contributed by atoms with Crippen LogP contribution in [-0.4, -0.2) is 31.1 Å². The van der Waals surface area contributed by atoms with Gasteiger partial charge in [-0.05, 0) is 54.8 Å². The largest absolute Gasteiger partial charge is 0.379 e. The molecule has 1 unspecified atom stereocenters. The molecule has 2 aromatic rings. The maximum absolute atomic E-state index is 13.0. The Morgan fingerprint density at radius 3 is 2.36 bits per heavy atom. The molecule has 8 heteroatoms. The standard InChI is InChI=1S/C20H23ClFNO4S/c1-14(2)12-23(20(24)15(3)21)13-16-5-4-6-18(11-16)27-28(25,26)19-9-7-17(22)8-10-19/h4-11,14-15H,12-13H2,1-3H3. The second-order valence-corrected chi connectivity index (χ2v) is 9.07. The Labute approximate surface area is 170 Å². The molecule has 0 bridgehead atoms. The van der Waals surface area contributed by atoms with E-state index >= 15 is 0 Å². The highest BCUT2D eigenvalue weighted by Crippen LogP contribution is 2.21. The molecule has 0 fully saturated rings. The number of hydrogen-bond acceptors (Lipinski definition) is 4. The number of benzene rings is 2. The van der Waals surface area contributed by atoms with Crippen LogP contribution in [-0.2, 0) is 21.5 Å². The number of alkyl halides is 1.